The summed E-state index contributed by atoms with van der Waals surface area (Å²) in [6.07, 6.45) is -1.40. The first-order valence-electron chi connectivity index (χ1n) is 8.36. The summed E-state index contributed by atoms with van der Waals surface area (Å²) in [6, 6.07) is 11.8. The summed E-state index contributed by atoms with van der Waals surface area (Å²) >= 11 is 0. The molecule has 3 unspecified atom stereocenters. The van der Waals surface area contributed by atoms with Crippen molar-refractivity contribution in [3.05, 3.63) is 69.8 Å². The predicted molar refractivity (Wildman–Crippen MR) is 98.0 cm³/mol. The molecule has 1 aliphatic rings. The first-order valence-corrected chi connectivity index (χ1v) is 10.0. The topological polar surface area (TPSA) is 119 Å². The van der Waals surface area contributed by atoms with E-state index in [0.29, 0.717) is 5.56 Å². The third-order valence-electron chi connectivity index (χ3n) is 4.46. The second-order valence-electron chi connectivity index (χ2n) is 6.44. The van der Waals surface area contributed by atoms with Gasteiger partial charge in [-0.3, -0.25) is 15.4 Å². The zero-order valence-corrected chi connectivity index (χ0v) is 15.4. The van der Waals surface area contributed by atoms with Crippen LogP contribution in [0.5, 0.6) is 0 Å². The van der Waals surface area contributed by atoms with E-state index in [9.17, 15) is 23.6 Å². The molecule has 2 N–H and O–H groups in total. The fourth-order valence-electron chi connectivity index (χ4n) is 3.01. The van der Waals surface area contributed by atoms with Gasteiger partial charge in [0.1, 0.15) is 12.3 Å². The summed E-state index contributed by atoms with van der Waals surface area (Å²) in [5.74, 6) is -0.282. The van der Waals surface area contributed by atoms with Crippen molar-refractivity contribution in [2.45, 2.75) is 30.2 Å². The average molecular weight is 392 g/mol. The molecular weight excluding hydrogens is 372 g/mol. The normalized spacial score (nSPS) is 22.7. The third-order valence-corrected chi connectivity index (χ3v) is 6.19. The maximum absolute atomic E-state index is 12.6. The Bertz CT molecular complexity index is 912. The minimum absolute atomic E-state index is 0.0521. The molecule has 0 bridgehead atoms. The highest BCUT2D eigenvalue weighted by Crippen LogP contribution is 2.30. The van der Waals surface area contributed by atoms with Crippen molar-refractivity contribution in [1.82, 2.24) is 5.32 Å². The Kier molecular flexibility index (Phi) is 5.56. The SMILES string of the molecule is Cc1ccc(S(=O)(=O)CC2NC(CO)C(c3ccc([N+](=O)[O-])cc3)O2)cc1. The van der Waals surface area contributed by atoms with Crippen molar-refractivity contribution in [3.8, 4) is 0 Å². The summed E-state index contributed by atoms with van der Waals surface area (Å²) in [5.41, 5.74) is 1.54. The van der Waals surface area contributed by atoms with Crippen molar-refractivity contribution in [3.63, 3.8) is 0 Å². The van der Waals surface area contributed by atoms with Gasteiger partial charge in [0, 0.05) is 12.1 Å². The van der Waals surface area contributed by atoms with E-state index in [4.69, 9.17) is 4.74 Å². The molecular formula is C18H20N2O6S. The highest BCUT2D eigenvalue weighted by molar-refractivity contribution is 7.91. The van der Waals surface area contributed by atoms with Crippen LogP contribution in [0.2, 0.25) is 0 Å². The molecule has 1 heterocycles. The molecule has 1 fully saturated rings. The maximum atomic E-state index is 12.6. The van der Waals surface area contributed by atoms with Gasteiger partial charge in [-0.05, 0) is 36.8 Å². The number of nitro benzene ring substituents is 1. The number of aliphatic hydroxyl groups excluding tert-OH is 1. The Balaban J connectivity index is 1.75. The molecule has 2 aromatic rings. The van der Waals surface area contributed by atoms with Crippen LogP contribution in [-0.4, -0.2) is 43.1 Å². The molecule has 144 valence electrons. The van der Waals surface area contributed by atoms with Crippen LogP contribution in [0.1, 0.15) is 17.2 Å². The Morgan fingerprint density at radius 1 is 1.15 bits per heavy atom. The summed E-state index contributed by atoms with van der Waals surface area (Å²) in [4.78, 5) is 10.5. The lowest BCUT2D eigenvalue weighted by atomic mass is 10.0. The summed E-state index contributed by atoms with van der Waals surface area (Å²) < 4.78 is 31.0. The van der Waals surface area contributed by atoms with Gasteiger partial charge >= 0.3 is 0 Å². The summed E-state index contributed by atoms with van der Waals surface area (Å²) in [6.45, 7) is 1.61. The van der Waals surface area contributed by atoms with Gasteiger partial charge in [-0.2, -0.15) is 0 Å². The van der Waals surface area contributed by atoms with Crippen molar-refractivity contribution in [2.24, 2.45) is 0 Å². The predicted octanol–water partition coefficient (Wildman–Crippen LogP) is 1.73. The zero-order valence-electron chi connectivity index (χ0n) is 14.6. The molecule has 1 aliphatic heterocycles. The molecule has 8 nitrogen and oxygen atoms in total. The molecule has 0 aliphatic carbocycles. The molecule has 0 aromatic heterocycles. The fraction of sp³-hybridized carbons (Fsp3) is 0.333. The quantitative estimate of drug-likeness (QED) is 0.567. The van der Waals surface area contributed by atoms with Gasteiger partial charge in [-0.25, -0.2) is 8.42 Å². The first-order chi connectivity index (χ1) is 12.8. The Morgan fingerprint density at radius 3 is 2.33 bits per heavy atom. The van der Waals surface area contributed by atoms with Gasteiger partial charge in [-0.15, -0.1) is 0 Å². The average Bonchev–Trinajstić information content (AvgIpc) is 3.04. The Labute approximate surface area is 156 Å². The van der Waals surface area contributed by atoms with E-state index in [0.717, 1.165) is 5.56 Å². The molecule has 3 rings (SSSR count). The second-order valence-corrected chi connectivity index (χ2v) is 8.48. The minimum atomic E-state index is -3.57. The molecule has 0 amide bonds. The number of aryl methyl sites for hydroxylation is 1. The third kappa shape index (κ3) is 4.33. The number of non-ortho nitro benzene ring substituents is 1. The lowest BCUT2D eigenvalue weighted by Gasteiger charge is -2.15. The highest BCUT2D eigenvalue weighted by Gasteiger charge is 2.37. The van der Waals surface area contributed by atoms with Crippen LogP contribution in [0, 0.1) is 17.0 Å². The van der Waals surface area contributed by atoms with E-state index in [-0.39, 0.29) is 22.9 Å². The number of nitro groups is 1. The Hall–Kier alpha value is -2.33. The summed E-state index contributed by atoms with van der Waals surface area (Å²) in [5, 5.41) is 23.4. The lowest BCUT2D eigenvalue weighted by Crippen LogP contribution is -2.37. The molecule has 0 radical (unpaired) electrons. The van der Waals surface area contributed by atoms with Gasteiger partial charge in [0.15, 0.2) is 9.84 Å². The second kappa shape index (κ2) is 7.73. The van der Waals surface area contributed by atoms with Gasteiger partial charge < -0.3 is 9.84 Å². The van der Waals surface area contributed by atoms with E-state index in [1.54, 1.807) is 36.4 Å². The van der Waals surface area contributed by atoms with E-state index in [1.807, 2.05) is 6.92 Å². The monoisotopic (exact) mass is 392 g/mol. The zero-order chi connectivity index (χ0) is 19.6. The number of hydrogen-bond acceptors (Lipinski definition) is 7. The van der Waals surface area contributed by atoms with Crippen LogP contribution in [0.3, 0.4) is 0 Å². The van der Waals surface area contributed by atoms with Gasteiger partial charge in [0.05, 0.1) is 28.2 Å². The number of nitrogens with zero attached hydrogens (tertiary/aromatic N) is 1. The van der Waals surface area contributed by atoms with Crippen LogP contribution >= 0.6 is 0 Å². The number of sulfone groups is 1. The molecule has 27 heavy (non-hydrogen) atoms. The van der Waals surface area contributed by atoms with Crippen LogP contribution in [0.15, 0.2) is 53.4 Å². The van der Waals surface area contributed by atoms with Crippen LogP contribution in [0.25, 0.3) is 0 Å². The van der Waals surface area contributed by atoms with E-state index < -0.39 is 33.1 Å². The van der Waals surface area contributed by atoms with E-state index in [1.165, 1.54) is 12.1 Å². The van der Waals surface area contributed by atoms with Gasteiger partial charge in [-0.1, -0.05) is 17.7 Å². The molecule has 9 heteroatoms. The van der Waals surface area contributed by atoms with Gasteiger partial charge in [0.25, 0.3) is 5.69 Å². The molecule has 3 atom stereocenters. The number of rotatable bonds is 6. The highest BCUT2D eigenvalue weighted by atomic mass is 32.2. The minimum Gasteiger partial charge on any atom is -0.395 e. The fourth-order valence-corrected chi connectivity index (χ4v) is 4.33. The smallest absolute Gasteiger partial charge is 0.269 e. The van der Waals surface area contributed by atoms with E-state index >= 15 is 0 Å². The van der Waals surface area contributed by atoms with Crippen molar-refractivity contribution in [2.75, 3.05) is 12.4 Å². The standard InChI is InChI=1S/C18H20N2O6S/c1-12-2-8-15(9-3-12)27(24,25)11-17-19-16(10-21)18(26-17)13-4-6-14(7-5-13)20(22)23/h2-9,16-19,21H,10-11H2,1H3. The maximum Gasteiger partial charge on any atom is 0.269 e. The Morgan fingerprint density at radius 2 is 1.78 bits per heavy atom. The largest absolute Gasteiger partial charge is 0.395 e. The van der Waals surface area contributed by atoms with Crippen molar-refractivity contribution < 1.29 is 23.2 Å². The number of nitrogens with one attached hydrogen (secondary N) is 1. The van der Waals surface area contributed by atoms with Gasteiger partial charge in [0.2, 0.25) is 0 Å². The number of hydrogen-bond donors (Lipinski definition) is 2. The number of benzene rings is 2. The first kappa shape index (κ1) is 19.4. The van der Waals surface area contributed by atoms with Crippen LogP contribution in [0.4, 0.5) is 5.69 Å². The molecule has 0 saturated carbocycles. The molecule has 2 aromatic carbocycles. The van der Waals surface area contributed by atoms with E-state index in [2.05, 4.69) is 5.32 Å². The van der Waals surface area contributed by atoms with Crippen LogP contribution < -0.4 is 5.32 Å². The lowest BCUT2D eigenvalue weighted by molar-refractivity contribution is -0.384. The van der Waals surface area contributed by atoms with Crippen molar-refractivity contribution >= 4 is 15.5 Å². The number of ether oxygens (including phenoxy) is 1. The van der Waals surface area contributed by atoms with Crippen molar-refractivity contribution in [1.29, 1.82) is 0 Å². The molecule has 0 spiro atoms. The number of aliphatic hydroxyl groups is 1. The molecule has 1 saturated heterocycles. The summed E-state index contributed by atoms with van der Waals surface area (Å²) in [7, 11) is -3.57. The van der Waals surface area contributed by atoms with Crippen LogP contribution in [-0.2, 0) is 14.6 Å².